The van der Waals surface area contributed by atoms with Gasteiger partial charge >= 0.3 is 23.9 Å². The summed E-state index contributed by atoms with van der Waals surface area (Å²) in [5.74, 6) is -2.95. The summed E-state index contributed by atoms with van der Waals surface area (Å²) in [6.07, 6.45) is 0. The van der Waals surface area contributed by atoms with Crippen molar-refractivity contribution in [2.75, 3.05) is 32.2 Å². The molecule has 0 amide bonds. The van der Waals surface area contributed by atoms with E-state index in [0.29, 0.717) is 11.3 Å². The number of nitrogens with two attached hydrogens (primary N) is 1. The Hall–Kier alpha value is -3.88. The lowest BCUT2D eigenvalue weighted by Crippen LogP contribution is -2.21. The molecule has 9 heteroatoms. The van der Waals surface area contributed by atoms with Crippen molar-refractivity contribution in [1.82, 2.24) is 0 Å². The third-order valence-corrected chi connectivity index (χ3v) is 3.69. The molecule has 0 aromatic heterocycles. The van der Waals surface area contributed by atoms with E-state index in [2.05, 4.69) is 0 Å². The van der Waals surface area contributed by atoms with E-state index >= 15 is 0 Å². The summed E-state index contributed by atoms with van der Waals surface area (Å²) in [4.78, 5) is 46.6. The summed E-state index contributed by atoms with van der Waals surface area (Å²) < 4.78 is 19.2. The largest absolute Gasteiger partial charge is 0.460 e. The first-order valence-electron chi connectivity index (χ1n) is 8.93. The van der Waals surface area contributed by atoms with Crippen LogP contribution in [0.3, 0.4) is 0 Å². The first-order valence-corrected chi connectivity index (χ1v) is 8.93. The number of benzene rings is 2. The molecule has 0 atom stereocenters. The van der Waals surface area contributed by atoms with Gasteiger partial charge in [0.25, 0.3) is 0 Å². The Morgan fingerprint density at radius 1 is 0.667 bits per heavy atom. The first kappa shape index (κ1) is 22.4. The van der Waals surface area contributed by atoms with Crippen molar-refractivity contribution in [2.24, 2.45) is 0 Å². The average Bonchev–Trinajstić information content (AvgIpc) is 2.74. The van der Waals surface area contributed by atoms with E-state index in [4.69, 9.17) is 24.7 Å². The zero-order valence-corrected chi connectivity index (χ0v) is 16.3. The highest BCUT2D eigenvalue weighted by atomic mass is 16.6. The molecule has 2 aromatic rings. The quantitative estimate of drug-likeness (QED) is 0.281. The SMILES string of the molecule is Cc1ccc(C(=O)OCC(=O)OCCOC(=O)COC(=O)c2ccc(N)cc2)cc1. The highest BCUT2D eigenvalue weighted by Gasteiger charge is 2.13. The van der Waals surface area contributed by atoms with Gasteiger partial charge in [-0.2, -0.15) is 0 Å². The lowest BCUT2D eigenvalue weighted by atomic mass is 10.1. The van der Waals surface area contributed by atoms with Crippen LogP contribution in [-0.4, -0.2) is 50.3 Å². The second-order valence-corrected chi connectivity index (χ2v) is 6.08. The van der Waals surface area contributed by atoms with Crippen LogP contribution in [-0.2, 0) is 28.5 Å². The summed E-state index contributed by atoms with van der Waals surface area (Å²) in [5.41, 5.74) is 7.55. The van der Waals surface area contributed by atoms with Crippen LogP contribution >= 0.6 is 0 Å². The standard InChI is InChI=1S/C21H21NO8/c1-14-2-4-15(5-3-14)20(25)29-12-18(23)27-10-11-28-19(24)13-30-21(26)16-6-8-17(22)9-7-16/h2-9H,10-13,22H2,1H3. The Morgan fingerprint density at radius 2 is 1.07 bits per heavy atom. The van der Waals surface area contributed by atoms with Crippen molar-refractivity contribution in [2.45, 2.75) is 6.92 Å². The first-order chi connectivity index (χ1) is 14.3. The van der Waals surface area contributed by atoms with Crippen LogP contribution in [0.4, 0.5) is 5.69 Å². The van der Waals surface area contributed by atoms with E-state index < -0.39 is 37.1 Å². The van der Waals surface area contributed by atoms with Gasteiger partial charge in [0, 0.05) is 5.69 Å². The average molecular weight is 415 g/mol. The summed E-state index contributed by atoms with van der Waals surface area (Å²) >= 11 is 0. The van der Waals surface area contributed by atoms with Gasteiger partial charge in [-0.3, -0.25) is 0 Å². The number of anilines is 1. The number of rotatable bonds is 9. The normalized spacial score (nSPS) is 10.0. The van der Waals surface area contributed by atoms with E-state index in [-0.39, 0.29) is 18.8 Å². The fourth-order valence-electron chi connectivity index (χ4n) is 2.12. The van der Waals surface area contributed by atoms with Gasteiger partial charge in [-0.1, -0.05) is 17.7 Å². The van der Waals surface area contributed by atoms with Gasteiger partial charge in [0.15, 0.2) is 13.2 Å². The van der Waals surface area contributed by atoms with Crippen LogP contribution in [0.15, 0.2) is 48.5 Å². The van der Waals surface area contributed by atoms with E-state index in [0.717, 1.165) is 5.56 Å². The maximum absolute atomic E-state index is 11.8. The summed E-state index contributed by atoms with van der Waals surface area (Å²) in [6, 6.07) is 12.7. The van der Waals surface area contributed by atoms with Gasteiger partial charge in [-0.15, -0.1) is 0 Å². The minimum absolute atomic E-state index is 0.238. The molecule has 2 aromatic carbocycles. The Bertz CT molecular complexity index is 815. The fourth-order valence-corrected chi connectivity index (χ4v) is 2.12. The third kappa shape index (κ3) is 7.63. The number of aryl methyl sites for hydroxylation is 1. The monoisotopic (exact) mass is 415 g/mol. The number of carbonyl (C=O) groups is 4. The van der Waals surface area contributed by atoms with Crippen molar-refractivity contribution in [3.05, 3.63) is 65.2 Å². The van der Waals surface area contributed by atoms with Crippen molar-refractivity contribution in [3.8, 4) is 0 Å². The molecule has 0 aliphatic heterocycles. The molecule has 0 aliphatic carbocycles. The molecule has 30 heavy (non-hydrogen) atoms. The zero-order valence-electron chi connectivity index (χ0n) is 16.3. The van der Waals surface area contributed by atoms with Gasteiger partial charge in [-0.25, -0.2) is 19.2 Å². The molecule has 0 saturated heterocycles. The zero-order chi connectivity index (χ0) is 21.9. The van der Waals surface area contributed by atoms with Crippen LogP contribution in [0.25, 0.3) is 0 Å². The van der Waals surface area contributed by atoms with Gasteiger partial charge < -0.3 is 24.7 Å². The Balaban J connectivity index is 1.57. The summed E-state index contributed by atoms with van der Waals surface area (Å²) in [5, 5.41) is 0. The number of hydrogen-bond acceptors (Lipinski definition) is 9. The molecule has 9 nitrogen and oxygen atoms in total. The summed E-state index contributed by atoms with van der Waals surface area (Å²) in [7, 11) is 0. The molecule has 0 radical (unpaired) electrons. The van der Waals surface area contributed by atoms with Gasteiger partial charge in [0.1, 0.15) is 13.2 Å². The molecule has 0 bridgehead atoms. The van der Waals surface area contributed by atoms with Crippen LogP contribution in [0, 0.1) is 6.92 Å². The minimum atomic E-state index is -0.805. The maximum atomic E-state index is 11.8. The molecular formula is C21H21NO8. The van der Waals surface area contributed by atoms with E-state index in [1.54, 1.807) is 24.3 Å². The molecule has 0 heterocycles. The molecule has 0 unspecified atom stereocenters. The maximum Gasteiger partial charge on any atom is 0.344 e. The molecule has 2 rings (SSSR count). The molecular weight excluding hydrogens is 394 g/mol. The van der Waals surface area contributed by atoms with Gasteiger partial charge in [0.2, 0.25) is 0 Å². The van der Waals surface area contributed by atoms with E-state index in [1.165, 1.54) is 24.3 Å². The fraction of sp³-hybridized carbons (Fsp3) is 0.238. The van der Waals surface area contributed by atoms with E-state index in [9.17, 15) is 19.2 Å². The Labute approximate surface area is 172 Å². The van der Waals surface area contributed by atoms with Crippen LogP contribution in [0.1, 0.15) is 26.3 Å². The number of ether oxygens (including phenoxy) is 4. The highest BCUT2D eigenvalue weighted by Crippen LogP contribution is 2.07. The Kier molecular flexibility index (Phi) is 8.37. The van der Waals surface area contributed by atoms with Crippen molar-refractivity contribution in [1.29, 1.82) is 0 Å². The summed E-state index contributed by atoms with van der Waals surface area (Å²) in [6.45, 7) is 0.239. The lowest BCUT2D eigenvalue weighted by Gasteiger charge is -2.08. The topological polar surface area (TPSA) is 131 Å². The molecule has 0 fully saturated rings. The number of carbonyl (C=O) groups excluding carboxylic acids is 4. The molecule has 0 aliphatic rings. The second-order valence-electron chi connectivity index (χ2n) is 6.08. The van der Waals surface area contributed by atoms with Crippen molar-refractivity contribution >= 4 is 29.6 Å². The number of esters is 4. The van der Waals surface area contributed by atoms with Gasteiger partial charge in [-0.05, 0) is 43.3 Å². The molecule has 158 valence electrons. The van der Waals surface area contributed by atoms with Crippen molar-refractivity contribution in [3.63, 3.8) is 0 Å². The molecule has 0 saturated carbocycles. The Morgan fingerprint density at radius 3 is 1.50 bits per heavy atom. The number of hydrogen-bond donors (Lipinski definition) is 1. The van der Waals surface area contributed by atoms with Crippen LogP contribution in [0.2, 0.25) is 0 Å². The smallest absolute Gasteiger partial charge is 0.344 e. The van der Waals surface area contributed by atoms with Crippen LogP contribution in [0.5, 0.6) is 0 Å². The predicted molar refractivity (Wildman–Crippen MR) is 105 cm³/mol. The number of nitrogen functional groups attached to an aromatic ring is 1. The van der Waals surface area contributed by atoms with Crippen LogP contribution < -0.4 is 5.73 Å². The minimum Gasteiger partial charge on any atom is -0.460 e. The lowest BCUT2D eigenvalue weighted by molar-refractivity contribution is -0.155. The van der Waals surface area contributed by atoms with E-state index in [1.807, 2.05) is 6.92 Å². The van der Waals surface area contributed by atoms with Crippen molar-refractivity contribution < 1.29 is 38.1 Å². The molecule has 2 N–H and O–H groups in total. The second kappa shape index (κ2) is 11.2. The predicted octanol–water partition coefficient (Wildman–Crippen LogP) is 1.68. The van der Waals surface area contributed by atoms with Gasteiger partial charge in [0.05, 0.1) is 11.1 Å². The highest BCUT2D eigenvalue weighted by molar-refractivity contribution is 5.91. The molecule has 0 spiro atoms. The third-order valence-electron chi connectivity index (χ3n) is 3.69.